The molecular formula is C38H33Cl2N3O8. The summed E-state index contributed by atoms with van der Waals surface area (Å²) in [4.78, 5) is 70.8. The zero-order valence-electron chi connectivity index (χ0n) is 27.6. The minimum Gasteiger partial charge on any atom is -0.507 e. The van der Waals surface area contributed by atoms with Crippen molar-refractivity contribution in [2.24, 2.45) is 23.7 Å². The largest absolute Gasteiger partial charge is 0.507 e. The molecule has 0 unspecified atom stereocenters. The molecule has 0 aromatic heterocycles. The van der Waals surface area contributed by atoms with Crippen molar-refractivity contribution in [2.75, 3.05) is 19.6 Å². The monoisotopic (exact) mass is 729 g/mol. The minimum atomic E-state index is -1.66. The lowest BCUT2D eigenvalue weighted by Crippen LogP contribution is -2.53. The Morgan fingerprint density at radius 3 is 2.43 bits per heavy atom. The van der Waals surface area contributed by atoms with E-state index in [1.165, 1.54) is 13.2 Å². The van der Waals surface area contributed by atoms with Crippen LogP contribution in [-0.2, 0) is 35.8 Å². The first kappa shape index (κ1) is 34.3. The number of carbonyl (C=O) groups excluding carboxylic acids is 5. The van der Waals surface area contributed by atoms with Gasteiger partial charge in [0.2, 0.25) is 11.8 Å². The average molecular weight is 731 g/mol. The SMILES string of the molecule is C=CCc1cccc([C@H]2C3=CC[C@@H]4C(=O)N(C(=O)OC)C(=O)[C@@H]4[C@@H]3C[C@H]3C(=O)N(Nc4ccc(Cl)cc4Cl)C(=O)[C@@]23c2ccc(OC)cc2)c1O. The Morgan fingerprint density at radius 2 is 1.76 bits per heavy atom. The molecule has 2 aliphatic heterocycles. The number of nitrogens with one attached hydrogen (secondary N) is 1. The molecule has 13 heteroatoms. The molecular weight excluding hydrogens is 697 g/mol. The number of allylic oxidation sites excluding steroid dienone is 3. The van der Waals surface area contributed by atoms with E-state index in [1.54, 1.807) is 60.7 Å². The minimum absolute atomic E-state index is 0.0201. The molecule has 262 valence electrons. The number of amides is 5. The Labute approximate surface area is 303 Å². The third kappa shape index (κ3) is 5.04. The number of phenolic OH excluding ortho intramolecular Hbond substituents is 1. The highest BCUT2D eigenvalue weighted by Crippen LogP contribution is 2.65. The van der Waals surface area contributed by atoms with E-state index in [4.69, 9.17) is 32.7 Å². The molecule has 0 radical (unpaired) electrons. The number of likely N-dealkylation sites (tertiary alicyclic amines) is 1. The topological polar surface area (TPSA) is 143 Å². The Morgan fingerprint density at radius 1 is 1.02 bits per heavy atom. The summed E-state index contributed by atoms with van der Waals surface area (Å²) in [5.41, 5.74) is 3.51. The number of fused-ring (bicyclic) bond motifs is 4. The molecule has 2 saturated heterocycles. The maximum absolute atomic E-state index is 15.3. The maximum Gasteiger partial charge on any atom is 0.423 e. The number of hydrogen-bond donors (Lipinski definition) is 2. The number of nitrogens with zero attached hydrogens (tertiary/aromatic N) is 2. The van der Waals surface area contributed by atoms with E-state index in [1.807, 2.05) is 6.08 Å². The number of halogens is 2. The lowest BCUT2D eigenvalue weighted by molar-refractivity contribution is -0.140. The Kier molecular flexibility index (Phi) is 8.67. The first-order valence-electron chi connectivity index (χ1n) is 16.3. The fourth-order valence-electron chi connectivity index (χ4n) is 8.62. The van der Waals surface area contributed by atoms with Crippen LogP contribution in [0, 0.1) is 23.7 Å². The van der Waals surface area contributed by atoms with E-state index >= 15 is 4.79 Å². The summed E-state index contributed by atoms with van der Waals surface area (Å²) < 4.78 is 10.2. The van der Waals surface area contributed by atoms with E-state index in [-0.39, 0.29) is 29.3 Å². The molecule has 5 amide bonds. The number of benzene rings is 3. The fraction of sp³-hybridized carbons (Fsp3) is 0.289. The molecule has 0 bridgehead atoms. The van der Waals surface area contributed by atoms with Gasteiger partial charge < -0.3 is 14.6 Å². The summed E-state index contributed by atoms with van der Waals surface area (Å²) in [6, 6.07) is 16.6. The number of phenols is 1. The van der Waals surface area contributed by atoms with Gasteiger partial charge in [0.25, 0.3) is 11.8 Å². The second-order valence-electron chi connectivity index (χ2n) is 13.0. The highest BCUT2D eigenvalue weighted by atomic mass is 35.5. The zero-order chi connectivity index (χ0) is 36.4. The normalized spacial score (nSPS) is 26.7. The molecule has 3 aromatic rings. The second-order valence-corrected chi connectivity index (χ2v) is 13.9. The van der Waals surface area contributed by atoms with E-state index in [0.717, 1.165) is 12.1 Å². The van der Waals surface area contributed by atoms with Crippen LogP contribution in [0.3, 0.4) is 0 Å². The number of rotatable bonds is 7. The van der Waals surface area contributed by atoms with Crippen molar-refractivity contribution in [2.45, 2.75) is 30.6 Å². The molecule has 2 heterocycles. The van der Waals surface area contributed by atoms with Gasteiger partial charge in [-0.1, -0.05) is 71.3 Å². The van der Waals surface area contributed by atoms with Crippen molar-refractivity contribution in [1.82, 2.24) is 9.91 Å². The van der Waals surface area contributed by atoms with Crippen LogP contribution in [0.4, 0.5) is 10.5 Å². The number of carbonyl (C=O) groups is 5. The summed E-state index contributed by atoms with van der Waals surface area (Å²) >= 11 is 12.6. The van der Waals surface area contributed by atoms with Crippen LogP contribution in [-0.4, -0.2) is 59.0 Å². The van der Waals surface area contributed by atoms with Gasteiger partial charge in [0.15, 0.2) is 0 Å². The molecule has 51 heavy (non-hydrogen) atoms. The Balaban J connectivity index is 1.49. The summed E-state index contributed by atoms with van der Waals surface area (Å²) in [7, 11) is 2.60. The van der Waals surface area contributed by atoms with Crippen LogP contribution < -0.4 is 10.2 Å². The van der Waals surface area contributed by atoms with Crippen molar-refractivity contribution in [1.29, 1.82) is 0 Å². The van der Waals surface area contributed by atoms with Gasteiger partial charge in [-0.05, 0) is 66.6 Å². The van der Waals surface area contributed by atoms with Gasteiger partial charge in [0, 0.05) is 16.5 Å². The molecule has 11 nitrogen and oxygen atoms in total. The van der Waals surface area contributed by atoms with Gasteiger partial charge in [-0.3, -0.25) is 24.6 Å². The van der Waals surface area contributed by atoms with Gasteiger partial charge in [-0.25, -0.2) is 4.79 Å². The van der Waals surface area contributed by atoms with Crippen molar-refractivity contribution in [3.63, 3.8) is 0 Å². The molecule has 1 saturated carbocycles. The third-order valence-corrected chi connectivity index (χ3v) is 11.3. The molecule has 3 aromatic carbocycles. The Hall–Kier alpha value is -5.13. The Bertz CT molecular complexity index is 2050. The molecule has 3 fully saturated rings. The summed E-state index contributed by atoms with van der Waals surface area (Å²) in [6.07, 6.45) is 2.77. The quantitative estimate of drug-likeness (QED) is 0.215. The predicted octanol–water partition coefficient (Wildman–Crippen LogP) is 6.19. The van der Waals surface area contributed by atoms with Gasteiger partial charge in [-0.15, -0.1) is 6.58 Å². The van der Waals surface area contributed by atoms with Crippen molar-refractivity contribution < 1.29 is 38.6 Å². The van der Waals surface area contributed by atoms with E-state index in [9.17, 15) is 24.3 Å². The highest BCUT2D eigenvalue weighted by molar-refractivity contribution is 6.36. The van der Waals surface area contributed by atoms with Gasteiger partial charge in [-0.2, -0.15) is 9.91 Å². The standard InChI is InChI=1S/C38H33Cl2N3O8/c1-4-6-19-7-5-8-25(32(19)44)31-23-14-15-24-30(35(47)42(33(24)45)37(49)51-3)26(23)18-27-34(46)43(41-29-16-11-21(39)17-28(29)40)36(48)38(27,31)20-9-12-22(50-2)13-10-20/h4-5,7-14,16-17,24,26-27,30-31,41,44H,1,6,15,18H2,2-3H3/t24-,26+,27-,30-,31+,38+/m0/s1. The molecule has 6 atom stereocenters. The van der Waals surface area contributed by atoms with Crippen LogP contribution >= 0.6 is 23.2 Å². The fourth-order valence-corrected chi connectivity index (χ4v) is 9.07. The van der Waals surface area contributed by atoms with Crippen molar-refractivity contribution >= 4 is 58.6 Å². The van der Waals surface area contributed by atoms with Crippen LogP contribution in [0.25, 0.3) is 0 Å². The van der Waals surface area contributed by atoms with Crippen molar-refractivity contribution in [3.8, 4) is 11.5 Å². The van der Waals surface area contributed by atoms with E-state index in [0.29, 0.717) is 44.4 Å². The zero-order valence-corrected chi connectivity index (χ0v) is 29.1. The van der Waals surface area contributed by atoms with Crippen molar-refractivity contribution in [3.05, 3.63) is 112 Å². The lowest BCUT2D eigenvalue weighted by Gasteiger charge is -2.50. The number of hydrogen-bond acceptors (Lipinski definition) is 9. The number of anilines is 1. The summed E-state index contributed by atoms with van der Waals surface area (Å²) in [6.45, 7) is 3.82. The highest BCUT2D eigenvalue weighted by Gasteiger charge is 2.71. The molecule has 7 rings (SSSR count). The molecule has 2 aliphatic carbocycles. The van der Waals surface area contributed by atoms with Gasteiger partial charge >= 0.3 is 6.09 Å². The molecule has 4 aliphatic rings. The number of aromatic hydroxyl groups is 1. The average Bonchev–Trinajstić information content (AvgIpc) is 3.51. The summed E-state index contributed by atoms with van der Waals surface area (Å²) in [5, 5.41) is 13.4. The van der Waals surface area contributed by atoms with Crippen LogP contribution in [0.2, 0.25) is 10.0 Å². The lowest BCUT2D eigenvalue weighted by atomic mass is 9.49. The number of methoxy groups -OCH3 is 2. The maximum atomic E-state index is 15.3. The molecule has 0 spiro atoms. The summed E-state index contributed by atoms with van der Waals surface area (Å²) in [5.74, 6) is -6.95. The van der Waals surface area contributed by atoms with E-state index in [2.05, 4.69) is 12.0 Å². The number of para-hydroxylation sites is 1. The van der Waals surface area contributed by atoms with Crippen LogP contribution in [0.5, 0.6) is 11.5 Å². The predicted molar refractivity (Wildman–Crippen MR) is 187 cm³/mol. The van der Waals surface area contributed by atoms with Gasteiger partial charge in [0.1, 0.15) is 11.5 Å². The van der Waals surface area contributed by atoms with E-state index < -0.39 is 64.7 Å². The second kappa shape index (κ2) is 12.9. The van der Waals surface area contributed by atoms with Gasteiger partial charge in [0.05, 0.1) is 48.1 Å². The first-order valence-corrected chi connectivity index (χ1v) is 17.1. The smallest absolute Gasteiger partial charge is 0.423 e. The first-order chi connectivity index (χ1) is 24.5. The number of ether oxygens (including phenoxy) is 2. The van der Waals surface area contributed by atoms with Crippen LogP contribution in [0.1, 0.15) is 35.4 Å². The molecule has 2 N–H and O–H groups in total. The van der Waals surface area contributed by atoms with Crippen LogP contribution in [0.15, 0.2) is 85.0 Å². The number of imide groups is 4. The number of hydrazine groups is 1. The third-order valence-electron chi connectivity index (χ3n) is 10.8.